The van der Waals surface area contributed by atoms with Crippen molar-refractivity contribution >= 4 is 5.97 Å². The molecule has 0 saturated heterocycles. The quantitative estimate of drug-likeness (QED) is 0.235. The first-order chi connectivity index (χ1) is 3.81. The van der Waals surface area contributed by atoms with E-state index in [2.05, 4.69) is 8.27 Å². The Bertz CT molecular complexity index is 76.4. The van der Waals surface area contributed by atoms with Gasteiger partial charge in [-0.05, 0) is 0 Å². The van der Waals surface area contributed by atoms with Gasteiger partial charge in [0.15, 0.2) is 0 Å². The Morgan fingerprint density at radius 1 is 1.88 bits per heavy atom. The summed E-state index contributed by atoms with van der Waals surface area (Å²) in [4.78, 5) is 12.3. The Balaban J connectivity index is 2.99. The van der Waals surface area contributed by atoms with Crippen LogP contribution >= 0.6 is 0 Å². The fourth-order valence-corrected chi connectivity index (χ4v) is 0.886. The Labute approximate surface area is 59.4 Å². The summed E-state index contributed by atoms with van der Waals surface area (Å²) < 4.78 is 7.30. The maximum atomic E-state index is 10.3. The third-order valence-electron chi connectivity index (χ3n) is 0.572. The molecule has 0 aromatic rings. The van der Waals surface area contributed by atoms with Crippen molar-refractivity contribution < 1.29 is 31.0 Å². The molecule has 0 aromatic carbocycles. The van der Waals surface area contributed by atoms with Crippen LogP contribution in [0, 0.1) is 0 Å². The van der Waals surface area contributed by atoms with Crippen LogP contribution < -0.4 is 25.0 Å². The van der Waals surface area contributed by atoms with Crippen molar-refractivity contribution in [3.05, 3.63) is 0 Å². The molecule has 50 valence electrons. The molecule has 0 heterocycles. The van der Waals surface area contributed by atoms with E-state index < -0.39 is 0 Å². The number of carbonyl (C=O) groups is 1. The Morgan fingerprint density at radius 2 is 2.50 bits per heavy atom. The molecule has 3 nitrogen and oxygen atoms in total. The number of rotatable bonds is 3. The number of nitrogens with one attached hydrogen (secondary N) is 1. The van der Waals surface area contributed by atoms with E-state index in [0.717, 1.165) is 0 Å². The zero-order valence-corrected chi connectivity index (χ0v) is 7.06. The van der Waals surface area contributed by atoms with Gasteiger partial charge < -0.3 is 0 Å². The van der Waals surface area contributed by atoms with Crippen LogP contribution in [0.15, 0.2) is 0 Å². The minimum absolute atomic E-state index is 0.0169. The van der Waals surface area contributed by atoms with Crippen molar-refractivity contribution in [1.29, 1.82) is 0 Å². The molecular formula is C4H9INO2-. The molecular weight excluding hydrogens is 221 g/mol. The van der Waals surface area contributed by atoms with Crippen molar-refractivity contribution in [2.24, 2.45) is 0 Å². The first kappa shape index (κ1) is 8.16. The number of halogens is 1. The monoisotopic (exact) mass is 230 g/mol. The average Bonchev–Trinajstić information content (AvgIpc) is 1.83. The van der Waals surface area contributed by atoms with Gasteiger partial charge in [-0.2, -0.15) is 0 Å². The van der Waals surface area contributed by atoms with Gasteiger partial charge >= 0.3 is 59.1 Å². The van der Waals surface area contributed by atoms with E-state index in [1.807, 2.05) is 4.93 Å². The molecule has 0 spiro atoms. The van der Waals surface area contributed by atoms with Gasteiger partial charge in [0.2, 0.25) is 0 Å². The Morgan fingerprint density at radius 3 is 2.88 bits per heavy atom. The molecule has 8 heavy (non-hydrogen) atoms. The molecule has 0 rings (SSSR count). The van der Waals surface area contributed by atoms with Crippen LogP contribution in [0.2, 0.25) is 0 Å². The summed E-state index contributed by atoms with van der Waals surface area (Å²) in [7, 11) is 1.39. The van der Waals surface area contributed by atoms with Crippen LogP contribution in [0.25, 0.3) is 0 Å². The Hall–Kier alpha value is 0.160. The summed E-state index contributed by atoms with van der Waals surface area (Å²) in [5.41, 5.74) is 0. The summed E-state index contributed by atoms with van der Waals surface area (Å²) in [5.74, 6) is -0.188. The number of hydrogen-bond acceptors (Lipinski definition) is 3. The van der Waals surface area contributed by atoms with Gasteiger partial charge in [0.25, 0.3) is 0 Å². The molecule has 0 radical (unpaired) electrons. The minimum atomic E-state index is -0.188. The summed E-state index contributed by atoms with van der Waals surface area (Å²) in [5, 5.41) is 0. The van der Waals surface area contributed by atoms with Crippen molar-refractivity contribution in [2.45, 2.75) is 0 Å². The second kappa shape index (κ2) is 5.30. The molecule has 0 bridgehead atoms. The van der Waals surface area contributed by atoms with Crippen molar-refractivity contribution in [2.75, 3.05) is 18.6 Å². The normalized spacial score (nSPS) is 9.25. The zero-order valence-electron chi connectivity index (χ0n) is 4.90. The molecule has 0 saturated carbocycles. The summed E-state index contributed by atoms with van der Waals surface area (Å²) in [6, 6.07) is 0. The number of carbonyl (C=O) groups excluding carboxylic acids is 1. The van der Waals surface area contributed by atoms with Gasteiger partial charge in [0.1, 0.15) is 0 Å². The molecule has 0 aliphatic rings. The van der Waals surface area contributed by atoms with Crippen LogP contribution in [-0.4, -0.2) is 24.6 Å². The van der Waals surface area contributed by atoms with Gasteiger partial charge in [-0.3, -0.25) is 0 Å². The molecule has 4 heteroatoms. The van der Waals surface area contributed by atoms with E-state index in [4.69, 9.17) is 0 Å². The molecule has 0 aliphatic carbocycles. The van der Waals surface area contributed by atoms with Crippen molar-refractivity contribution in [3.63, 3.8) is 0 Å². The zero-order chi connectivity index (χ0) is 6.41. The summed E-state index contributed by atoms with van der Waals surface area (Å²) in [6.45, 7) is 0.361. The van der Waals surface area contributed by atoms with E-state index in [9.17, 15) is 4.79 Å². The summed E-state index contributed by atoms with van der Waals surface area (Å²) in [6.07, 6.45) is 0. The summed E-state index contributed by atoms with van der Waals surface area (Å²) >= 11 is 0.0169. The first-order valence-corrected chi connectivity index (χ1v) is 5.33. The van der Waals surface area contributed by atoms with E-state index >= 15 is 0 Å². The predicted molar refractivity (Wildman–Crippen MR) is 25.9 cm³/mol. The third-order valence-corrected chi connectivity index (χ3v) is 1.72. The topological polar surface area (TPSA) is 38.3 Å². The average molecular weight is 230 g/mol. The van der Waals surface area contributed by atoms with Crippen LogP contribution in [0.3, 0.4) is 0 Å². The molecule has 0 aromatic heterocycles. The fourth-order valence-electron chi connectivity index (χ4n) is 0.194. The molecule has 1 N–H and O–H groups in total. The second-order valence-corrected chi connectivity index (χ2v) is 2.92. The van der Waals surface area contributed by atoms with Crippen LogP contribution in [0.4, 0.5) is 0 Å². The van der Waals surface area contributed by atoms with Gasteiger partial charge in [-0.25, -0.2) is 0 Å². The fraction of sp³-hybridized carbons (Fsp3) is 0.750. The van der Waals surface area contributed by atoms with Gasteiger partial charge in [0, 0.05) is 0 Å². The molecule has 0 aliphatic heterocycles. The van der Waals surface area contributed by atoms with Gasteiger partial charge in [-0.15, -0.1) is 0 Å². The standard InChI is InChI=1S/C4H9INO2/c1-5-6-3-4(7)8-2/h6H,3H2,1-2H3/q-1. The molecule has 0 fully saturated rings. The SMILES string of the molecule is COC(=O)CN[I-]C. The first-order valence-electron chi connectivity index (χ1n) is 2.09. The van der Waals surface area contributed by atoms with Gasteiger partial charge in [0.05, 0.1) is 0 Å². The van der Waals surface area contributed by atoms with Crippen molar-refractivity contribution in [3.8, 4) is 0 Å². The van der Waals surface area contributed by atoms with Gasteiger partial charge in [-0.1, -0.05) is 0 Å². The Kier molecular flexibility index (Phi) is 5.41. The van der Waals surface area contributed by atoms with E-state index in [1.165, 1.54) is 7.11 Å². The molecule has 0 unspecified atom stereocenters. The number of alkyl halides is 1. The molecule has 0 atom stereocenters. The third kappa shape index (κ3) is 4.32. The predicted octanol–water partition coefficient (Wildman–Crippen LogP) is -3.62. The van der Waals surface area contributed by atoms with Crippen LogP contribution in [-0.2, 0) is 9.53 Å². The maximum absolute atomic E-state index is 10.3. The van der Waals surface area contributed by atoms with Crippen LogP contribution in [0.5, 0.6) is 0 Å². The van der Waals surface area contributed by atoms with Crippen molar-refractivity contribution in [1.82, 2.24) is 3.53 Å². The number of esters is 1. The number of hydrogen-bond donors (Lipinski definition) is 1. The van der Waals surface area contributed by atoms with E-state index in [1.54, 1.807) is 0 Å². The molecule has 0 amide bonds. The number of ether oxygens (including phenoxy) is 1. The van der Waals surface area contributed by atoms with E-state index in [-0.39, 0.29) is 27.4 Å². The van der Waals surface area contributed by atoms with Crippen LogP contribution in [0.1, 0.15) is 0 Å². The second-order valence-electron chi connectivity index (χ2n) is 1.08. The van der Waals surface area contributed by atoms with E-state index in [0.29, 0.717) is 6.54 Å². The number of methoxy groups -OCH3 is 1.